The maximum absolute atomic E-state index is 14.2. The van der Waals surface area contributed by atoms with E-state index in [-0.39, 0.29) is 17.5 Å². The van der Waals surface area contributed by atoms with Crippen LogP contribution in [0.2, 0.25) is 0 Å². The molecule has 1 aliphatic rings. The summed E-state index contributed by atoms with van der Waals surface area (Å²) in [5.41, 5.74) is 4.84. The van der Waals surface area contributed by atoms with E-state index in [2.05, 4.69) is 15.4 Å². The van der Waals surface area contributed by atoms with Gasteiger partial charge in [-0.15, -0.1) is 0 Å². The van der Waals surface area contributed by atoms with Crippen LogP contribution in [0.3, 0.4) is 0 Å². The minimum absolute atomic E-state index is 0.00549. The van der Waals surface area contributed by atoms with Crippen molar-refractivity contribution in [3.05, 3.63) is 40.8 Å². The molecule has 0 fully saturated rings. The van der Waals surface area contributed by atoms with Crippen molar-refractivity contribution in [2.75, 3.05) is 5.43 Å². The van der Waals surface area contributed by atoms with Crippen LogP contribution >= 0.6 is 0 Å². The molecule has 0 saturated heterocycles. The standard InChI is InChI=1S/C17H19FN4O/c1-9(2)14-10(5-3-6-11(14)18)16-20-12-7-4-8-13(23)15(12)17(21-16)22-19/h3,5-6,9H,4,7-8,19H2,1-2H3,(H,20,21,22). The molecule has 0 spiro atoms. The molecule has 1 heterocycles. The second-order valence-electron chi connectivity index (χ2n) is 5.99. The fourth-order valence-corrected chi connectivity index (χ4v) is 3.07. The Morgan fingerprint density at radius 2 is 2.04 bits per heavy atom. The first-order valence-electron chi connectivity index (χ1n) is 7.72. The Morgan fingerprint density at radius 3 is 2.74 bits per heavy atom. The Hall–Kier alpha value is -2.34. The van der Waals surface area contributed by atoms with Crippen molar-refractivity contribution in [1.29, 1.82) is 0 Å². The number of halogens is 1. The van der Waals surface area contributed by atoms with Gasteiger partial charge in [-0.3, -0.25) is 4.79 Å². The number of hydrazine groups is 1. The van der Waals surface area contributed by atoms with Crippen LogP contribution in [0.15, 0.2) is 18.2 Å². The maximum atomic E-state index is 14.2. The number of hydrogen-bond donors (Lipinski definition) is 2. The molecule has 0 radical (unpaired) electrons. The molecule has 3 rings (SSSR count). The van der Waals surface area contributed by atoms with E-state index < -0.39 is 0 Å². The van der Waals surface area contributed by atoms with E-state index >= 15 is 0 Å². The lowest BCUT2D eigenvalue weighted by Gasteiger charge is -2.19. The summed E-state index contributed by atoms with van der Waals surface area (Å²) in [4.78, 5) is 21.0. The van der Waals surface area contributed by atoms with Crippen molar-refractivity contribution in [2.45, 2.75) is 39.0 Å². The molecular weight excluding hydrogens is 295 g/mol. The Kier molecular flexibility index (Phi) is 4.09. The largest absolute Gasteiger partial charge is 0.308 e. The summed E-state index contributed by atoms with van der Waals surface area (Å²) in [5, 5.41) is 0. The lowest BCUT2D eigenvalue weighted by Crippen LogP contribution is -2.21. The average Bonchev–Trinajstić information content (AvgIpc) is 2.53. The molecule has 6 heteroatoms. The molecule has 5 nitrogen and oxygen atoms in total. The monoisotopic (exact) mass is 314 g/mol. The third-order valence-corrected chi connectivity index (χ3v) is 4.09. The number of rotatable bonds is 3. The number of nitrogens with one attached hydrogen (secondary N) is 1. The normalized spacial score (nSPS) is 14.0. The van der Waals surface area contributed by atoms with Gasteiger partial charge in [0.25, 0.3) is 0 Å². The van der Waals surface area contributed by atoms with Crippen molar-refractivity contribution in [1.82, 2.24) is 9.97 Å². The Labute approximate surface area is 134 Å². The number of ketones is 1. The third-order valence-electron chi connectivity index (χ3n) is 4.09. The molecule has 0 saturated carbocycles. The fourth-order valence-electron chi connectivity index (χ4n) is 3.07. The van der Waals surface area contributed by atoms with Crippen molar-refractivity contribution in [3.8, 4) is 11.4 Å². The predicted molar refractivity (Wildman–Crippen MR) is 86.6 cm³/mol. The van der Waals surface area contributed by atoms with Crippen LogP contribution in [0.1, 0.15) is 54.2 Å². The first-order valence-corrected chi connectivity index (χ1v) is 7.72. The topological polar surface area (TPSA) is 80.9 Å². The number of nitrogen functional groups attached to an aromatic ring is 1. The molecule has 1 aliphatic carbocycles. The van der Waals surface area contributed by atoms with Gasteiger partial charge in [-0.1, -0.05) is 26.0 Å². The Balaban J connectivity index is 2.23. The van der Waals surface area contributed by atoms with E-state index in [0.29, 0.717) is 46.9 Å². The number of nitrogens with two attached hydrogens (primary N) is 1. The van der Waals surface area contributed by atoms with Crippen LogP contribution in [-0.2, 0) is 6.42 Å². The minimum Gasteiger partial charge on any atom is -0.308 e. The Bertz CT molecular complexity index is 756. The molecule has 0 aliphatic heterocycles. The summed E-state index contributed by atoms with van der Waals surface area (Å²) in [6, 6.07) is 4.87. The zero-order valence-corrected chi connectivity index (χ0v) is 13.2. The van der Waals surface area contributed by atoms with Gasteiger partial charge < -0.3 is 5.43 Å². The highest BCUT2D eigenvalue weighted by atomic mass is 19.1. The first kappa shape index (κ1) is 15.6. The van der Waals surface area contributed by atoms with E-state index in [0.717, 1.165) is 6.42 Å². The number of hydrogen-bond acceptors (Lipinski definition) is 5. The van der Waals surface area contributed by atoms with Crippen molar-refractivity contribution in [3.63, 3.8) is 0 Å². The number of fused-ring (bicyclic) bond motifs is 1. The second-order valence-corrected chi connectivity index (χ2v) is 5.99. The number of nitrogens with zero attached hydrogens (tertiary/aromatic N) is 2. The highest BCUT2D eigenvalue weighted by molar-refractivity contribution is 6.02. The van der Waals surface area contributed by atoms with Gasteiger partial charge in [-0.2, -0.15) is 0 Å². The van der Waals surface area contributed by atoms with Gasteiger partial charge in [0.2, 0.25) is 0 Å². The summed E-state index contributed by atoms with van der Waals surface area (Å²) < 4.78 is 14.2. The van der Waals surface area contributed by atoms with E-state index in [1.54, 1.807) is 12.1 Å². The van der Waals surface area contributed by atoms with Gasteiger partial charge in [-0.25, -0.2) is 20.2 Å². The SMILES string of the molecule is CC(C)c1c(F)cccc1-c1nc2c(c(NN)n1)C(=O)CCC2. The summed E-state index contributed by atoms with van der Waals surface area (Å²) >= 11 is 0. The van der Waals surface area contributed by atoms with Gasteiger partial charge >= 0.3 is 0 Å². The number of benzene rings is 1. The number of aromatic nitrogens is 2. The van der Waals surface area contributed by atoms with Crippen LogP contribution in [0.4, 0.5) is 10.2 Å². The van der Waals surface area contributed by atoms with Crippen molar-refractivity contribution >= 4 is 11.6 Å². The van der Waals surface area contributed by atoms with Gasteiger partial charge in [-0.05, 0) is 24.8 Å². The summed E-state index contributed by atoms with van der Waals surface area (Å²) in [7, 11) is 0. The van der Waals surface area contributed by atoms with Crippen LogP contribution in [-0.4, -0.2) is 15.8 Å². The van der Waals surface area contributed by atoms with Gasteiger partial charge in [0, 0.05) is 17.5 Å². The molecule has 1 aromatic heterocycles. The predicted octanol–water partition coefficient (Wildman–Crippen LogP) is 3.21. The molecule has 0 atom stereocenters. The van der Waals surface area contributed by atoms with E-state index in [4.69, 9.17) is 5.84 Å². The quantitative estimate of drug-likeness (QED) is 0.671. The lowest BCUT2D eigenvalue weighted by atomic mass is 9.93. The fraction of sp³-hybridized carbons (Fsp3) is 0.353. The van der Waals surface area contributed by atoms with Crippen molar-refractivity contribution in [2.24, 2.45) is 5.84 Å². The van der Waals surface area contributed by atoms with Crippen LogP contribution in [0.5, 0.6) is 0 Å². The van der Waals surface area contributed by atoms with Crippen LogP contribution in [0.25, 0.3) is 11.4 Å². The maximum Gasteiger partial charge on any atom is 0.168 e. The minimum atomic E-state index is -0.280. The molecule has 2 aromatic rings. The molecule has 3 N–H and O–H groups in total. The molecule has 1 aromatic carbocycles. The van der Waals surface area contributed by atoms with Gasteiger partial charge in [0.05, 0.1) is 11.3 Å². The van der Waals surface area contributed by atoms with Crippen LogP contribution < -0.4 is 11.3 Å². The molecule has 0 amide bonds. The van der Waals surface area contributed by atoms with Crippen molar-refractivity contribution < 1.29 is 9.18 Å². The number of carbonyl (C=O) groups excluding carboxylic acids is 1. The van der Waals surface area contributed by atoms with Crippen LogP contribution in [0, 0.1) is 5.82 Å². The zero-order valence-electron chi connectivity index (χ0n) is 13.2. The average molecular weight is 314 g/mol. The summed E-state index contributed by atoms with van der Waals surface area (Å²) in [5.74, 6) is 5.96. The lowest BCUT2D eigenvalue weighted by molar-refractivity contribution is 0.0972. The smallest absolute Gasteiger partial charge is 0.168 e. The van der Waals surface area contributed by atoms with E-state index in [1.165, 1.54) is 6.07 Å². The second kappa shape index (κ2) is 6.04. The van der Waals surface area contributed by atoms with Gasteiger partial charge in [0.1, 0.15) is 5.82 Å². The zero-order chi connectivity index (χ0) is 16.6. The Morgan fingerprint density at radius 1 is 1.26 bits per heavy atom. The molecule has 0 bridgehead atoms. The van der Waals surface area contributed by atoms with Gasteiger partial charge in [0.15, 0.2) is 17.4 Å². The molecule has 120 valence electrons. The van der Waals surface area contributed by atoms with E-state index in [1.807, 2.05) is 13.8 Å². The highest BCUT2D eigenvalue weighted by Crippen LogP contribution is 2.32. The number of carbonyl (C=O) groups is 1. The number of Topliss-reactive ketones (excluding diaryl/α,β-unsaturated/α-hetero) is 1. The van der Waals surface area contributed by atoms with E-state index in [9.17, 15) is 9.18 Å². The number of anilines is 1. The highest BCUT2D eigenvalue weighted by Gasteiger charge is 2.25. The number of aryl methyl sites for hydroxylation is 1. The summed E-state index contributed by atoms with van der Waals surface area (Å²) in [6.45, 7) is 3.85. The molecular formula is C17H19FN4O. The summed E-state index contributed by atoms with van der Waals surface area (Å²) in [6.07, 6.45) is 1.92. The first-order chi connectivity index (χ1) is 11.0. The third kappa shape index (κ3) is 2.70. The molecule has 23 heavy (non-hydrogen) atoms. The molecule has 0 unspecified atom stereocenters.